The Bertz CT molecular complexity index is 532. The van der Waals surface area contributed by atoms with E-state index in [1.807, 2.05) is 18.6 Å². The topological polar surface area (TPSA) is 46.2 Å². The van der Waals surface area contributed by atoms with Crippen LogP contribution in [0.5, 0.6) is 0 Å². The largest absolute Gasteiger partial charge is 0.280 e. The van der Waals surface area contributed by atoms with Crippen LogP contribution in [-0.4, -0.2) is 14.2 Å². The van der Waals surface area contributed by atoms with E-state index < -0.39 is 21.7 Å². The van der Waals surface area contributed by atoms with Gasteiger partial charge < -0.3 is 0 Å². The van der Waals surface area contributed by atoms with Crippen molar-refractivity contribution in [3.63, 3.8) is 0 Å². The zero-order valence-electron chi connectivity index (χ0n) is 10.0. The molecule has 0 fully saturated rings. The highest BCUT2D eigenvalue weighted by atomic mass is 79.9. The van der Waals surface area contributed by atoms with Crippen molar-refractivity contribution in [3.8, 4) is 0 Å². The van der Waals surface area contributed by atoms with Crippen LogP contribution in [0.15, 0.2) is 16.6 Å². The molecule has 0 saturated heterocycles. The van der Waals surface area contributed by atoms with Crippen LogP contribution >= 0.6 is 15.9 Å². The molecule has 1 rings (SSSR count). The molecule has 1 aromatic carbocycles. The van der Waals surface area contributed by atoms with E-state index in [0.29, 0.717) is 6.42 Å². The molecule has 0 bridgehead atoms. The quantitative estimate of drug-likeness (QED) is 0.833. The summed E-state index contributed by atoms with van der Waals surface area (Å²) in [4.78, 5) is 0. The Hall–Kier alpha value is -0.690. The molecule has 0 aliphatic carbocycles. The number of sulfonamides is 1. The fraction of sp³-hybridized carbons (Fsp3) is 0.455. The van der Waals surface area contributed by atoms with E-state index in [4.69, 9.17) is 0 Å². The maximum absolute atomic E-state index is 13.4. The van der Waals surface area contributed by atoms with Crippen LogP contribution in [0.3, 0.4) is 0 Å². The van der Waals surface area contributed by atoms with Gasteiger partial charge in [-0.1, -0.05) is 13.8 Å². The number of nitrogens with one attached hydrogen (secondary N) is 1. The molecule has 7 heteroatoms. The average molecular weight is 342 g/mol. The maximum Gasteiger partial charge on any atom is 0.232 e. The molecule has 1 N–H and O–H groups in total. The molecule has 0 unspecified atom stereocenters. The van der Waals surface area contributed by atoms with Gasteiger partial charge in [0.05, 0.1) is 15.9 Å². The Morgan fingerprint density at radius 3 is 2.44 bits per heavy atom. The fourth-order valence-corrected chi connectivity index (χ4v) is 2.90. The molecule has 0 spiro atoms. The summed E-state index contributed by atoms with van der Waals surface area (Å²) in [6.45, 7) is 3.77. The van der Waals surface area contributed by atoms with Crippen molar-refractivity contribution in [2.75, 3.05) is 10.5 Å². The zero-order chi connectivity index (χ0) is 13.9. The predicted octanol–water partition coefficient (Wildman–Crippen LogP) is 3.52. The summed E-state index contributed by atoms with van der Waals surface area (Å²) in [6.07, 6.45) is 0.454. The van der Waals surface area contributed by atoms with Crippen molar-refractivity contribution >= 4 is 31.6 Å². The minimum atomic E-state index is -3.65. The van der Waals surface area contributed by atoms with Crippen LogP contribution in [0, 0.1) is 17.6 Å². The third-order valence-corrected chi connectivity index (χ3v) is 4.15. The maximum atomic E-state index is 13.4. The summed E-state index contributed by atoms with van der Waals surface area (Å²) < 4.78 is 51.9. The van der Waals surface area contributed by atoms with Gasteiger partial charge in [0, 0.05) is 6.07 Å². The molecule has 102 valence electrons. The van der Waals surface area contributed by atoms with Gasteiger partial charge in [-0.05, 0) is 34.3 Å². The monoisotopic (exact) mass is 341 g/mol. The highest BCUT2D eigenvalue weighted by Crippen LogP contribution is 2.24. The molecular formula is C11H14BrF2NO2S. The van der Waals surface area contributed by atoms with Crippen LogP contribution in [0.2, 0.25) is 0 Å². The summed E-state index contributed by atoms with van der Waals surface area (Å²) in [5.41, 5.74) is -0.376. The van der Waals surface area contributed by atoms with Gasteiger partial charge in [-0.2, -0.15) is 0 Å². The van der Waals surface area contributed by atoms with Crippen molar-refractivity contribution in [1.29, 1.82) is 0 Å². The Morgan fingerprint density at radius 1 is 1.28 bits per heavy atom. The third kappa shape index (κ3) is 4.53. The van der Waals surface area contributed by atoms with Gasteiger partial charge in [0.1, 0.15) is 11.6 Å². The predicted molar refractivity (Wildman–Crippen MR) is 70.9 cm³/mol. The first-order valence-electron chi connectivity index (χ1n) is 5.36. The molecule has 0 aliphatic heterocycles. The molecule has 0 aromatic heterocycles. The van der Waals surface area contributed by atoms with Crippen molar-refractivity contribution in [2.24, 2.45) is 5.92 Å². The lowest BCUT2D eigenvalue weighted by molar-refractivity contribution is 0.575. The van der Waals surface area contributed by atoms with Gasteiger partial charge in [0.2, 0.25) is 10.0 Å². The summed E-state index contributed by atoms with van der Waals surface area (Å²) in [5, 5.41) is 0. The van der Waals surface area contributed by atoms with E-state index in [-0.39, 0.29) is 21.8 Å². The van der Waals surface area contributed by atoms with E-state index in [9.17, 15) is 17.2 Å². The highest BCUT2D eigenvalue weighted by Gasteiger charge is 2.15. The fourth-order valence-electron chi connectivity index (χ4n) is 1.21. The smallest absolute Gasteiger partial charge is 0.232 e. The summed E-state index contributed by atoms with van der Waals surface area (Å²) >= 11 is 2.82. The minimum absolute atomic E-state index is 0.0508. The number of halogens is 3. The summed E-state index contributed by atoms with van der Waals surface area (Å²) in [5.74, 6) is -1.45. The molecule has 0 saturated carbocycles. The standard InChI is InChI=1S/C11H14BrF2NO2S/c1-7(2)3-4-18(16,17)15-11-6-9(13)8(12)5-10(11)14/h5-7,15H,3-4H2,1-2H3. The Morgan fingerprint density at radius 2 is 1.89 bits per heavy atom. The van der Waals surface area contributed by atoms with E-state index in [1.165, 1.54) is 0 Å². The number of hydrogen-bond acceptors (Lipinski definition) is 2. The number of hydrogen-bond donors (Lipinski definition) is 1. The van der Waals surface area contributed by atoms with Crippen molar-refractivity contribution in [1.82, 2.24) is 0 Å². The first-order valence-corrected chi connectivity index (χ1v) is 7.81. The lowest BCUT2D eigenvalue weighted by atomic mass is 10.2. The van der Waals surface area contributed by atoms with Crippen molar-refractivity contribution in [2.45, 2.75) is 20.3 Å². The third-order valence-electron chi connectivity index (χ3n) is 2.24. The van der Waals surface area contributed by atoms with Crippen LogP contribution < -0.4 is 4.72 Å². The molecule has 18 heavy (non-hydrogen) atoms. The minimum Gasteiger partial charge on any atom is -0.280 e. The first-order chi connectivity index (χ1) is 8.21. The Labute approximate surface area is 114 Å². The Balaban J connectivity index is 2.87. The second-order valence-electron chi connectivity index (χ2n) is 4.35. The molecule has 0 radical (unpaired) electrons. The molecule has 3 nitrogen and oxygen atoms in total. The number of rotatable bonds is 5. The average Bonchev–Trinajstić information content (AvgIpc) is 2.23. The SMILES string of the molecule is CC(C)CCS(=O)(=O)Nc1cc(F)c(Br)cc1F. The lowest BCUT2D eigenvalue weighted by Crippen LogP contribution is -2.18. The second-order valence-corrected chi connectivity index (χ2v) is 7.05. The molecule has 0 aliphatic rings. The van der Waals surface area contributed by atoms with Gasteiger partial charge in [-0.3, -0.25) is 4.72 Å². The zero-order valence-corrected chi connectivity index (χ0v) is 12.4. The van der Waals surface area contributed by atoms with Gasteiger partial charge >= 0.3 is 0 Å². The van der Waals surface area contributed by atoms with Crippen LogP contribution in [-0.2, 0) is 10.0 Å². The van der Waals surface area contributed by atoms with Gasteiger partial charge in [0.25, 0.3) is 0 Å². The van der Waals surface area contributed by atoms with Crippen LogP contribution in [0.25, 0.3) is 0 Å². The summed E-state index contributed by atoms with van der Waals surface area (Å²) in [7, 11) is -3.65. The normalized spacial score (nSPS) is 11.9. The van der Waals surface area contributed by atoms with Crippen LogP contribution in [0.4, 0.5) is 14.5 Å². The Kier molecular flexibility index (Phi) is 5.10. The first kappa shape index (κ1) is 15.4. The molecule has 0 heterocycles. The van der Waals surface area contributed by atoms with E-state index >= 15 is 0 Å². The van der Waals surface area contributed by atoms with E-state index in [0.717, 1.165) is 12.1 Å². The van der Waals surface area contributed by atoms with Gasteiger partial charge in [-0.15, -0.1) is 0 Å². The lowest BCUT2D eigenvalue weighted by Gasteiger charge is -2.10. The van der Waals surface area contributed by atoms with Crippen LogP contribution in [0.1, 0.15) is 20.3 Å². The second kappa shape index (κ2) is 5.97. The van der Waals surface area contributed by atoms with E-state index in [2.05, 4.69) is 15.9 Å². The van der Waals surface area contributed by atoms with Gasteiger partial charge in [-0.25, -0.2) is 17.2 Å². The molecule has 1 aromatic rings. The van der Waals surface area contributed by atoms with E-state index in [1.54, 1.807) is 0 Å². The number of anilines is 1. The highest BCUT2D eigenvalue weighted by molar-refractivity contribution is 9.10. The number of benzene rings is 1. The van der Waals surface area contributed by atoms with Crippen molar-refractivity contribution < 1.29 is 17.2 Å². The molecule has 0 amide bonds. The van der Waals surface area contributed by atoms with Crippen molar-refractivity contribution in [3.05, 3.63) is 28.2 Å². The molecule has 0 atom stereocenters. The van der Waals surface area contributed by atoms with Gasteiger partial charge in [0.15, 0.2) is 0 Å². The molecular weight excluding hydrogens is 328 g/mol. The summed E-state index contributed by atoms with van der Waals surface area (Å²) in [6, 6.07) is 1.70.